The second-order valence-corrected chi connectivity index (χ2v) is 8.36. The summed E-state index contributed by atoms with van der Waals surface area (Å²) in [7, 11) is 0. The zero-order valence-corrected chi connectivity index (χ0v) is 17.5. The van der Waals surface area contributed by atoms with Gasteiger partial charge in [-0.2, -0.15) is 0 Å². The molecule has 1 aliphatic carbocycles. The largest absolute Gasteiger partial charge is 0.494 e. The van der Waals surface area contributed by atoms with Crippen LogP contribution in [0.3, 0.4) is 0 Å². The summed E-state index contributed by atoms with van der Waals surface area (Å²) in [5.74, 6) is 1.03. The van der Waals surface area contributed by atoms with Crippen LogP contribution in [0.1, 0.15) is 70.3 Å². The van der Waals surface area contributed by atoms with Crippen LogP contribution in [0.2, 0.25) is 0 Å². The molecule has 0 spiro atoms. The van der Waals surface area contributed by atoms with Gasteiger partial charge >= 0.3 is 0 Å². The first-order valence-electron chi connectivity index (χ1n) is 11.1. The first-order chi connectivity index (χ1) is 14.0. The summed E-state index contributed by atoms with van der Waals surface area (Å²) >= 11 is 0. The van der Waals surface area contributed by atoms with Crippen LogP contribution in [0.25, 0.3) is 0 Å². The van der Waals surface area contributed by atoms with Gasteiger partial charge in [-0.25, -0.2) is 0 Å². The molecule has 160 valence electrons. The van der Waals surface area contributed by atoms with E-state index in [0.717, 1.165) is 49.1 Å². The monoisotopic (exact) mass is 402 g/mol. The second-order valence-electron chi connectivity index (χ2n) is 8.36. The van der Waals surface area contributed by atoms with Crippen LogP contribution in [0.4, 0.5) is 5.69 Å². The molecule has 1 unspecified atom stereocenters. The van der Waals surface area contributed by atoms with Crippen molar-refractivity contribution in [2.45, 2.75) is 83.3 Å². The summed E-state index contributed by atoms with van der Waals surface area (Å²) in [4.78, 5) is 26.1. The third-order valence-electron chi connectivity index (χ3n) is 5.82. The van der Waals surface area contributed by atoms with Crippen molar-refractivity contribution in [3.05, 3.63) is 23.8 Å². The highest BCUT2D eigenvalue weighted by Gasteiger charge is 2.25. The number of unbranched alkanes of at least 4 members (excludes halogenated alkanes) is 1. The summed E-state index contributed by atoms with van der Waals surface area (Å²) < 4.78 is 5.84. The fourth-order valence-electron chi connectivity index (χ4n) is 4.29. The molecule has 3 rings (SSSR count). The number of aryl methyl sites for hydroxylation is 1. The van der Waals surface area contributed by atoms with Gasteiger partial charge in [0.05, 0.1) is 12.7 Å². The summed E-state index contributed by atoms with van der Waals surface area (Å²) in [6, 6.07) is 6.05. The topological polar surface area (TPSA) is 78.9 Å². The molecular formula is C23H34N2O4. The third-order valence-corrected chi connectivity index (χ3v) is 5.82. The van der Waals surface area contributed by atoms with E-state index < -0.39 is 6.10 Å². The third kappa shape index (κ3) is 6.46. The highest BCUT2D eigenvalue weighted by molar-refractivity contribution is 5.94. The summed E-state index contributed by atoms with van der Waals surface area (Å²) in [5, 5.41) is 12.7. The molecule has 0 bridgehead atoms. The summed E-state index contributed by atoms with van der Waals surface area (Å²) in [6.45, 7) is 2.75. The van der Waals surface area contributed by atoms with Gasteiger partial charge < -0.3 is 20.1 Å². The number of aliphatic hydroxyl groups excluding tert-OH is 1. The van der Waals surface area contributed by atoms with Gasteiger partial charge in [0.1, 0.15) is 5.75 Å². The van der Waals surface area contributed by atoms with Gasteiger partial charge in [0.15, 0.2) is 0 Å². The van der Waals surface area contributed by atoms with E-state index in [9.17, 15) is 14.7 Å². The fraction of sp³-hybridized carbons (Fsp3) is 0.652. The van der Waals surface area contributed by atoms with E-state index in [-0.39, 0.29) is 17.9 Å². The Morgan fingerprint density at radius 1 is 1.24 bits per heavy atom. The first-order valence-corrected chi connectivity index (χ1v) is 11.1. The maximum absolute atomic E-state index is 12.7. The number of nitrogens with zero attached hydrogens (tertiary/aromatic N) is 1. The minimum absolute atomic E-state index is 0.0636. The van der Waals surface area contributed by atoms with Crippen molar-refractivity contribution in [2.75, 3.05) is 18.5 Å². The molecule has 1 saturated carbocycles. The van der Waals surface area contributed by atoms with Crippen LogP contribution in [-0.4, -0.2) is 47.1 Å². The van der Waals surface area contributed by atoms with Crippen LogP contribution in [0.15, 0.2) is 18.2 Å². The van der Waals surface area contributed by atoms with Gasteiger partial charge in [0.2, 0.25) is 11.8 Å². The lowest BCUT2D eigenvalue weighted by Gasteiger charge is -2.35. The molecule has 6 nitrogen and oxygen atoms in total. The Bertz CT molecular complexity index is 698. The number of carbonyl (C=O) groups excluding carboxylic acids is 2. The minimum Gasteiger partial charge on any atom is -0.494 e. The number of benzene rings is 1. The van der Waals surface area contributed by atoms with E-state index in [1.165, 1.54) is 19.3 Å². The van der Waals surface area contributed by atoms with Crippen molar-refractivity contribution in [3.8, 4) is 5.75 Å². The average molecular weight is 403 g/mol. The van der Waals surface area contributed by atoms with Gasteiger partial charge in [-0.3, -0.25) is 9.59 Å². The number of carbonyl (C=O) groups is 2. The molecule has 1 aliphatic heterocycles. The second kappa shape index (κ2) is 10.6. The summed E-state index contributed by atoms with van der Waals surface area (Å²) in [6.07, 6.45) is 8.58. The van der Waals surface area contributed by atoms with Gasteiger partial charge in [0.25, 0.3) is 0 Å². The number of amides is 2. The highest BCUT2D eigenvalue weighted by atomic mass is 16.5. The highest BCUT2D eigenvalue weighted by Crippen LogP contribution is 2.27. The molecule has 2 amide bonds. The Hall–Kier alpha value is -2.08. The zero-order chi connectivity index (χ0) is 20.6. The Labute approximate surface area is 173 Å². The number of anilines is 1. The van der Waals surface area contributed by atoms with Crippen LogP contribution in [0.5, 0.6) is 5.75 Å². The van der Waals surface area contributed by atoms with E-state index in [4.69, 9.17) is 4.74 Å². The Kier molecular flexibility index (Phi) is 7.92. The Morgan fingerprint density at radius 2 is 2.03 bits per heavy atom. The smallest absolute Gasteiger partial charge is 0.224 e. The number of hydrogen-bond acceptors (Lipinski definition) is 4. The lowest BCUT2D eigenvalue weighted by molar-refractivity contribution is -0.136. The van der Waals surface area contributed by atoms with Gasteiger partial charge in [0, 0.05) is 31.1 Å². The average Bonchev–Trinajstić information content (AvgIpc) is 2.72. The molecule has 29 heavy (non-hydrogen) atoms. The number of ether oxygens (including phenoxy) is 1. The van der Waals surface area contributed by atoms with E-state index in [1.54, 1.807) is 6.92 Å². The van der Waals surface area contributed by atoms with Crippen LogP contribution in [-0.2, 0) is 16.0 Å². The van der Waals surface area contributed by atoms with Crippen molar-refractivity contribution in [3.63, 3.8) is 0 Å². The summed E-state index contributed by atoms with van der Waals surface area (Å²) in [5.41, 5.74) is 1.98. The van der Waals surface area contributed by atoms with E-state index in [2.05, 4.69) is 5.32 Å². The van der Waals surface area contributed by atoms with Crippen LogP contribution < -0.4 is 10.1 Å². The first kappa shape index (κ1) is 21.6. The standard InChI is InChI=1S/C23H34N2O4/c1-17(26)16-25(19-7-3-2-4-8-19)23(28)9-5-6-14-29-20-11-12-21-18(15-20)10-13-22(27)24-21/h11-12,15,17,19,26H,2-10,13-14,16H2,1H3,(H,24,27). The van der Waals surface area contributed by atoms with Crippen molar-refractivity contribution >= 4 is 17.5 Å². The van der Waals surface area contributed by atoms with Gasteiger partial charge in [-0.15, -0.1) is 0 Å². The van der Waals surface area contributed by atoms with Crippen LogP contribution >= 0.6 is 0 Å². The Morgan fingerprint density at radius 3 is 2.79 bits per heavy atom. The number of aliphatic hydroxyl groups is 1. The lowest BCUT2D eigenvalue weighted by atomic mass is 9.93. The maximum Gasteiger partial charge on any atom is 0.224 e. The molecule has 0 saturated heterocycles. The maximum atomic E-state index is 12.7. The number of hydrogen-bond donors (Lipinski definition) is 2. The molecule has 1 aromatic carbocycles. The predicted molar refractivity (Wildman–Crippen MR) is 113 cm³/mol. The van der Waals surface area contributed by atoms with Crippen molar-refractivity contribution in [1.82, 2.24) is 4.90 Å². The quantitative estimate of drug-likeness (QED) is 0.618. The molecule has 1 atom stereocenters. The fourth-order valence-corrected chi connectivity index (χ4v) is 4.29. The molecule has 1 heterocycles. The van der Waals surface area contributed by atoms with Crippen molar-refractivity contribution < 1.29 is 19.4 Å². The van der Waals surface area contributed by atoms with E-state index in [1.807, 2.05) is 23.1 Å². The minimum atomic E-state index is -0.488. The molecule has 1 fully saturated rings. The van der Waals surface area contributed by atoms with Gasteiger partial charge in [-0.05, 0) is 62.8 Å². The SMILES string of the molecule is CC(O)CN(C(=O)CCCCOc1ccc2c(c1)CCC(=O)N2)C1CCCCC1. The van der Waals surface area contributed by atoms with Crippen molar-refractivity contribution in [2.24, 2.45) is 0 Å². The zero-order valence-electron chi connectivity index (χ0n) is 17.5. The van der Waals surface area contributed by atoms with E-state index >= 15 is 0 Å². The van der Waals surface area contributed by atoms with E-state index in [0.29, 0.717) is 26.0 Å². The number of nitrogens with one attached hydrogen (secondary N) is 1. The normalized spacial score (nSPS) is 17.9. The predicted octanol–water partition coefficient (Wildman–Crippen LogP) is 3.66. The Balaban J connectivity index is 1.41. The lowest BCUT2D eigenvalue weighted by Crippen LogP contribution is -2.44. The number of rotatable bonds is 9. The molecular weight excluding hydrogens is 368 g/mol. The number of fused-ring (bicyclic) bond motifs is 1. The molecule has 0 aromatic heterocycles. The van der Waals surface area contributed by atoms with Crippen molar-refractivity contribution in [1.29, 1.82) is 0 Å². The molecule has 2 aliphatic rings. The molecule has 2 N–H and O–H groups in total. The van der Waals surface area contributed by atoms with Gasteiger partial charge in [-0.1, -0.05) is 19.3 Å². The molecule has 1 aromatic rings. The molecule has 0 radical (unpaired) electrons. The van der Waals surface area contributed by atoms with Crippen LogP contribution in [0, 0.1) is 0 Å². The molecule has 6 heteroatoms.